The summed E-state index contributed by atoms with van der Waals surface area (Å²) in [5.41, 5.74) is 2.91. The quantitative estimate of drug-likeness (QED) is 0.310. The van der Waals surface area contributed by atoms with Crippen LogP contribution in [0.1, 0.15) is 42.6 Å². The highest BCUT2D eigenvalue weighted by Crippen LogP contribution is 2.44. The lowest BCUT2D eigenvalue weighted by Gasteiger charge is -2.25. The van der Waals surface area contributed by atoms with E-state index in [9.17, 15) is 14.7 Å². The van der Waals surface area contributed by atoms with E-state index in [0.29, 0.717) is 23.6 Å². The van der Waals surface area contributed by atoms with Crippen molar-refractivity contribution in [1.82, 2.24) is 9.88 Å². The number of aromatic amines is 1. The SMILES string of the molecule is CCCCN1C(=O)C(=O)/C(=C(/O)c2cc(OC)ccc2OC)C1c1c(C)[nH]c2ccccc12. The van der Waals surface area contributed by atoms with Gasteiger partial charge in [-0.05, 0) is 37.6 Å². The number of carbonyl (C=O) groups excluding carboxylic acids is 2. The molecule has 4 rings (SSSR count). The van der Waals surface area contributed by atoms with Crippen molar-refractivity contribution in [1.29, 1.82) is 0 Å². The predicted octanol–water partition coefficient (Wildman–Crippen LogP) is 4.72. The summed E-state index contributed by atoms with van der Waals surface area (Å²) in [6, 6.07) is 12.0. The van der Waals surface area contributed by atoms with Crippen LogP contribution in [0.25, 0.3) is 16.7 Å². The van der Waals surface area contributed by atoms with Crippen molar-refractivity contribution in [2.45, 2.75) is 32.7 Å². The van der Waals surface area contributed by atoms with Gasteiger partial charge in [-0.3, -0.25) is 9.59 Å². The topological polar surface area (TPSA) is 91.9 Å². The first-order chi connectivity index (χ1) is 15.9. The van der Waals surface area contributed by atoms with Gasteiger partial charge in [0.15, 0.2) is 0 Å². The number of aliphatic hydroxyl groups excluding tert-OH is 1. The smallest absolute Gasteiger partial charge is 0.295 e. The van der Waals surface area contributed by atoms with Gasteiger partial charge in [0.05, 0.1) is 31.4 Å². The van der Waals surface area contributed by atoms with E-state index >= 15 is 0 Å². The Labute approximate surface area is 192 Å². The Morgan fingerprint density at radius 1 is 1.12 bits per heavy atom. The number of aliphatic hydroxyl groups is 1. The first kappa shape index (κ1) is 22.5. The minimum Gasteiger partial charge on any atom is -0.507 e. The second kappa shape index (κ2) is 9.02. The van der Waals surface area contributed by atoms with Crippen LogP contribution in [0.4, 0.5) is 0 Å². The van der Waals surface area contributed by atoms with Crippen molar-refractivity contribution < 1.29 is 24.2 Å². The van der Waals surface area contributed by atoms with Crippen molar-refractivity contribution in [2.75, 3.05) is 20.8 Å². The molecule has 7 heteroatoms. The van der Waals surface area contributed by atoms with Gasteiger partial charge in [0.25, 0.3) is 11.7 Å². The second-order valence-corrected chi connectivity index (χ2v) is 8.12. The Kier molecular flexibility index (Phi) is 6.14. The zero-order valence-corrected chi connectivity index (χ0v) is 19.3. The first-order valence-electron chi connectivity index (χ1n) is 11.0. The van der Waals surface area contributed by atoms with E-state index in [2.05, 4.69) is 4.98 Å². The zero-order valence-electron chi connectivity index (χ0n) is 19.3. The van der Waals surface area contributed by atoms with E-state index in [1.165, 1.54) is 14.2 Å². The van der Waals surface area contributed by atoms with Gasteiger partial charge in [-0.25, -0.2) is 0 Å². The lowest BCUT2D eigenvalue weighted by Crippen LogP contribution is -2.30. The van der Waals surface area contributed by atoms with Gasteiger partial charge in [0.2, 0.25) is 0 Å². The average Bonchev–Trinajstić information content (AvgIpc) is 3.28. The summed E-state index contributed by atoms with van der Waals surface area (Å²) in [6.45, 7) is 4.36. The second-order valence-electron chi connectivity index (χ2n) is 8.12. The highest BCUT2D eigenvalue weighted by Gasteiger charge is 2.47. The molecule has 33 heavy (non-hydrogen) atoms. The number of fused-ring (bicyclic) bond motifs is 1. The van der Waals surface area contributed by atoms with E-state index in [4.69, 9.17) is 9.47 Å². The Morgan fingerprint density at radius 3 is 2.58 bits per heavy atom. The molecule has 1 amide bonds. The molecule has 7 nitrogen and oxygen atoms in total. The summed E-state index contributed by atoms with van der Waals surface area (Å²) < 4.78 is 10.7. The number of methoxy groups -OCH3 is 2. The number of carbonyl (C=O) groups is 2. The van der Waals surface area contributed by atoms with Gasteiger partial charge < -0.3 is 24.5 Å². The summed E-state index contributed by atoms with van der Waals surface area (Å²) in [5.74, 6) is -0.720. The predicted molar refractivity (Wildman–Crippen MR) is 126 cm³/mol. The minimum atomic E-state index is -0.719. The fourth-order valence-electron chi connectivity index (χ4n) is 4.53. The standard InChI is InChI=1S/C26H28N2O5/c1-5-6-13-28-23(21-15(2)27-19-10-8-7-9-17(19)21)22(25(30)26(28)31)24(29)18-14-16(32-3)11-12-20(18)33-4/h7-12,14,23,27,29H,5-6,13H2,1-4H3/b24-22+. The summed E-state index contributed by atoms with van der Waals surface area (Å²) in [7, 11) is 3.00. The molecule has 1 atom stereocenters. The molecule has 2 N–H and O–H groups in total. The van der Waals surface area contributed by atoms with E-state index in [0.717, 1.165) is 35.0 Å². The van der Waals surface area contributed by atoms with Crippen LogP contribution >= 0.6 is 0 Å². The van der Waals surface area contributed by atoms with Gasteiger partial charge in [-0.15, -0.1) is 0 Å². The molecule has 1 aromatic heterocycles. The lowest BCUT2D eigenvalue weighted by atomic mass is 9.93. The van der Waals surface area contributed by atoms with Crippen LogP contribution < -0.4 is 9.47 Å². The van der Waals surface area contributed by atoms with E-state index in [1.807, 2.05) is 38.1 Å². The molecule has 0 spiro atoms. The number of H-pyrrole nitrogens is 1. The number of hydrogen-bond donors (Lipinski definition) is 2. The van der Waals surface area contributed by atoms with Crippen LogP contribution in [-0.2, 0) is 9.59 Å². The van der Waals surface area contributed by atoms with Crippen LogP contribution in [0, 0.1) is 6.92 Å². The molecule has 3 aromatic rings. The number of Topliss-reactive ketones (excluding diaryl/α,β-unsaturated/α-hetero) is 1. The molecule has 1 fully saturated rings. The maximum atomic E-state index is 13.3. The Bertz CT molecular complexity index is 1260. The number of rotatable bonds is 7. The Morgan fingerprint density at radius 2 is 1.88 bits per heavy atom. The molecule has 1 unspecified atom stereocenters. The third kappa shape index (κ3) is 3.73. The van der Waals surface area contributed by atoms with Gasteiger partial charge in [0.1, 0.15) is 17.3 Å². The number of ether oxygens (including phenoxy) is 2. The van der Waals surface area contributed by atoms with Crippen LogP contribution in [0.5, 0.6) is 11.5 Å². The third-order valence-electron chi connectivity index (χ3n) is 6.17. The fraction of sp³-hybridized carbons (Fsp3) is 0.308. The van der Waals surface area contributed by atoms with Crippen molar-refractivity contribution in [3.8, 4) is 11.5 Å². The van der Waals surface area contributed by atoms with Crippen molar-refractivity contribution in [3.63, 3.8) is 0 Å². The third-order valence-corrected chi connectivity index (χ3v) is 6.17. The fourth-order valence-corrected chi connectivity index (χ4v) is 4.53. The summed E-state index contributed by atoms with van der Waals surface area (Å²) in [5, 5.41) is 12.4. The lowest BCUT2D eigenvalue weighted by molar-refractivity contribution is -0.139. The van der Waals surface area contributed by atoms with Crippen LogP contribution in [-0.4, -0.2) is 47.4 Å². The first-order valence-corrected chi connectivity index (χ1v) is 11.0. The molecule has 172 valence electrons. The van der Waals surface area contributed by atoms with Crippen LogP contribution in [0.3, 0.4) is 0 Å². The van der Waals surface area contributed by atoms with E-state index in [1.54, 1.807) is 23.1 Å². The molecule has 0 aliphatic carbocycles. The highest BCUT2D eigenvalue weighted by molar-refractivity contribution is 6.46. The number of nitrogens with zero attached hydrogens (tertiary/aromatic N) is 1. The van der Waals surface area contributed by atoms with Crippen molar-refractivity contribution in [3.05, 3.63) is 64.9 Å². The van der Waals surface area contributed by atoms with Gasteiger partial charge >= 0.3 is 0 Å². The largest absolute Gasteiger partial charge is 0.507 e. The number of nitrogens with one attached hydrogen (secondary N) is 1. The number of ketones is 1. The van der Waals surface area contributed by atoms with E-state index in [-0.39, 0.29) is 11.3 Å². The summed E-state index contributed by atoms with van der Waals surface area (Å²) >= 11 is 0. The Hall–Kier alpha value is -3.74. The number of likely N-dealkylation sites (tertiary alicyclic amines) is 1. The highest BCUT2D eigenvalue weighted by atomic mass is 16.5. The average molecular weight is 449 g/mol. The number of hydrogen-bond acceptors (Lipinski definition) is 5. The summed E-state index contributed by atoms with van der Waals surface area (Å²) in [4.78, 5) is 31.4. The Balaban J connectivity index is 2.00. The number of aryl methyl sites for hydroxylation is 1. The molecule has 2 aromatic carbocycles. The van der Waals surface area contributed by atoms with Gasteiger partial charge in [-0.1, -0.05) is 31.5 Å². The zero-order chi connectivity index (χ0) is 23.7. The molecular formula is C26H28N2O5. The molecule has 0 bridgehead atoms. The number of aromatic nitrogens is 1. The normalized spacial score (nSPS) is 17.7. The summed E-state index contributed by atoms with van der Waals surface area (Å²) in [6.07, 6.45) is 1.61. The number of para-hydroxylation sites is 1. The van der Waals surface area contributed by atoms with Gasteiger partial charge in [0, 0.05) is 28.7 Å². The van der Waals surface area contributed by atoms with Gasteiger partial charge in [-0.2, -0.15) is 0 Å². The molecule has 2 heterocycles. The molecule has 0 saturated carbocycles. The number of benzene rings is 2. The van der Waals surface area contributed by atoms with Crippen LogP contribution in [0.15, 0.2) is 48.0 Å². The maximum absolute atomic E-state index is 13.3. The van der Waals surface area contributed by atoms with Crippen molar-refractivity contribution >= 4 is 28.4 Å². The molecule has 0 radical (unpaired) electrons. The molecule has 1 saturated heterocycles. The number of unbranched alkanes of at least 4 members (excludes halogenated alkanes) is 1. The minimum absolute atomic E-state index is 0.0514. The maximum Gasteiger partial charge on any atom is 0.295 e. The monoisotopic (exact) mass is 448 g/mol. The molecule has 1 aliphatic heterocycles. The molecular weight excluding hydrogens is 420 g/mol. The number of amides is 1. The van der Waals surface area contributed by atoms with Crippen molar-refractivity contribution in [2.24, 2.45) is 0 Å². The molecule has 1 aliphatic rings. The van der Waals surface area contributed by atoms with E-state index < -0.39 is 17.7 Å². The van der Waals surface area contributed by atoms with Crippen LogP contribution in [0.2, 0.25) is 0 Å².